The third-order valence-electron chi connectivity index (χ3n) is 5.06. The molecular weight excluding hydrogens is 212 g/mol. The highest BCUT2D eigenvalue weighted by atomic mass is 16.5. The van der Waals surface area contributed by atoms with E-state index in [0.29, 0.717) is 24.2 Å². The number of ether oxygens (including phenoxy) is 1. The van der Waals surface area contributed by atoms with Gasteiger partial charge < -0.3 is 4.74 Å². The van der Waals surface area contributed by atoms with Crippen LogP contribution in [-0.4, -0.2) is 18.5 Å². The lowest BCUT2D eigenvalue weighted by Crippen LogP contribution is -2.29. The molecule has 3 aliphatic rings. The average Bonchev–Trinajstić information content (AvgIpc) is 2.95. The lowest BCUT2D eigenvalue weighted by molar-refractivity contribution is -0.133. The van der Waals surface area contributed by atoms with E-state index in [1.807, 2.05) is 6.92 Å². The maximum atomic E-state index is 12.3. The molecule has 2 heteroatoms. The zero-order valence-corrected chi connectivity index (χ0v) is 10.9. The highest BCUT2D eigenvalue weighted by Gasteiger charge is 2.43. The highest BCUT2D eigenvalue weighted by molar-refractivity contribution is 5.84. The van der Waals surface area contributed by atoms with Crippen molar-refractivity contribution in [3.8, 4) is 0 Å². The number of fused-ring (bicyclic) bond motifs is 2. The molecule has 4 unspecified atom stereocenters. The molecule has 3 rings (SSSR count). The zero-order chi connectivity index (χ0) is 11.8. The smallest absolute Gasteiger partial charge is 0.162 e. The Hall–Kier alpha value is -0.370. The van der Waals surface area contributed by atoms with E-state index in [1.165, 1.54) is 38.5 Å². The molecular formula is C15H24O2. The minimum atomic E-state index is -0.0564. The molecule has 0 spiro atoms. The number of Topliss-reactive ketones (excluding diaryl/α,β-unsaturated/α-hetero) is 1. The van der Waals surface area contributed by atoms with Crippen molar-refractivity contribution in [2.24, 2.45) is 23.7 Å². The van der Waals surface area contributed by atoms with E-state index >= 15 is 0 Å². The monoisotopic (exact) mass is 236 g/mol. The second-order valence-corrected chi connectivity index (χ2v) is 6.32. The normalized spacial score (nSPS) is 37.4. The maximum Gasteiger partial charge on any atom is 0.162 e. The van der Waals surface area contributed by atoms with Gasteiger partial charge in [0, 0.05) is 13.0 Å². The predicted octanol–water partition coefficient (Wildman–Crippen LogP) is 3.20. The van der Waals surface area contributed by atoms with Gasteiger partial charge in [0.1, 0.15) is 6.10 Å². The summed E-state index contributed by atoms with van der Waals surface area (Å²) in [5.74, 6) is 3.48. The first-order chi connectivity index (χ1) is 8.28. The summed E-state index contributed by atoms with van der Waals surface area (Å²) in [6.07, 6.45) is 8.68. The molecule has 3 fully saturated rings. The molecule has 0 saturated heterocycles. The summed E-state index contributed by atoms with van der Waals surface area (Å²) >= 11 is 0. The SMILES string of the molecule is CCOC(C(=O)CC1CC2CCC1C2)C1CC1. The second-order valence-electron chi connectivity index (χ2n) is 6.32. The summed E-state index contributed by atoms with van der Waals surface area (Å²) in [7, 11) is 0. The van der Waals surface area contributed by atoms with Crippen LogP contribution in [0.25, 0.3) is 0 Å². The lowest BCUT2D eigenvalue weighted by Gasteiger charge is -2.23. The molecule has 0 aromatic carbocycles. The number of hydrogen-bond donors (Lipinski definition) is 0. The van der Waals surface area contributed by atoms with E-state index in [0.717, 1.165) is 18.3 Å². The van der Waals surface area contributed by atoms with Gasteiger partial charge in [-0.25, -0.2) is 0 Å². The van der Waals surface area contributed by atoms with Gasteiger partial charge in [0.05, 0.1) is 0 Å². The maximum absolute atomic E-state index is 12.3. The van der Waals surface area contributed by atoms with Crippen molar-refractivity contribution in [1.29, 1.82) is 0 Å². The molecule has 4 atom stereocenters. The van der Waals surface area contributed by atoms with Gasteiger partial charge in [0.15, 0.2) is 5.78 Å². The first kappa shape index (κ1) is 11.7. The van der Waals surface area contributed by atoms with Crippen molar-refractivity contribution < 1.29 is 9.53 Å². The van der Waals surface area contributed by atoms with Crippen molar-refractivity contribution in [3.05, 3.63) is 0 Å². The molecule has 0 aromatic rings. The van der Waals surface area contributed by atoms with Gasteiger partial charge in [-0.05, 0) is 62.7 Å². The van der Waals surface area contributed by atoms with Crippen molar-refractivity contribution >= 4 is 5.78 Å². The molecule has 0 N–H and O–H groups in total. The summed E-state index contributed by atoms with van der Waals surface area (Å²) < 4.78 is 5.67. The predicted molar refractivity (Wildman–Crippen MR) is 66.7 cm³/mol. The molecule has 0 aliphatic heterocycles. The highest BCUT2D eigenvalue weighted by Crippen LogP contribution is 2.50. The third kappa shape index (κ3) is 2.42. The Morgan fingerprint density at radius 3 is 2.59 bits per heavy atom. The van der Waals surface area contributed by atoms with Gasteiger partial charge in [0.25, 0.3) is 0 Å². The van der Waals surface area contributed by atoms with Crippen LogP contribution in [0.5, 0.6) is 0 Å². The van der Waals surface area contributed by atoms with Gasteiger partial charge >= 0.3 is 0 Å². The van der Waals surface area contributed by atoms with Crippen LogP contribution in [0.4, 0.5) is 0 Å². The molecule has 17 heavy (non-hydrogen) atoms. The Labute approximate surface area is 104 Å². The van der Waals surface area contributed by atoms with Gasteiger partial charge in [0.2, 0.25) is 0 Å². The lowest BCUT2D eigenvalue weighted by atomic mass is 9.84. The third-order valence-corrected chi connectivity index (χ3v) is 5.06. The molecule has 0 heterocycles. The van der Waals surface area contributed by atoms with E-state index in [4.69, 9.17) is 4.74 Å². The summed E-state index contributed by atoms with van der Waals surface area (Å²) in [6, 6.07) is 0. The van der Waals surface area contributed by atoms with E-state index in [1.54, 1.807) is 0 Å². The van der Waals surface area contributed by atoms with Crippen LogP contribution < -0.4 is 0 Å². The zero-order valence-electron chi connectivity index (χ0n) is 10.9. The number of carbonyl (C=O) groups excluding carboxylic acids is 1. The van der Waals surface area contributed by atoms with Crippen LogP contribution in [0.1, 0.15) is 51.9 Å². The van der Waals surface area contributed by atoms with Gasteiger partial charge in [-0.3, -0.25) is 4.79 Å². The Kier molecular flexibility index (Phi) is 3.25. The fourth-order valence-corrected chi connectivity index (χ4v) is 4.07. The standard InChI is InChI=1S/C15H24O2/c1-2-17-15(11-5-6-11)14(16)9-13-8-10-3-4-12(13)7-10/h10-13,15H,2-9H2,1H3. The van der Waals surface area contributed by atoms with E-state index in [-0.39, 0.29) is 6.10 Å². The van der Waals surface area contributed by atoms with Crippen LogP contribution >= 0.6 is 0 Å². The number of rotatable bonds is 6. The Morgan fingerprint density at radius 1 is 1.24 bits per heavy atom. The molecule has 0 amide bonds. The van der Waals surface area contributed by atoms with Crippen LogP contribution in [0, 0.1) is 23.7 Å². The average molecular weight is 236 g/mol. The van der Waals surface area contributed by atoms with E-state index in [2.05, 4.69) is 0 Å². The molecule has 0 radical (unpaired) electrons. The number of carbonyl (C=O) groups is 1. The fourth-order valence-electron chi connectivity index (χ4n) is 4.07. The van der Waals surface area contributed by atoms with Gasteiger partial charge in [-0.2, -0.15) is 0 Å². The second kappa shape index (κ2) is 4.72. The Morgan fingerprint density at radius 2 is 2.06 bits per heavy atom. The Bertz CT molecular complexity index is 295. The van der Waals surface area contributed by atoms with Crippen molar-refractivity contribution in [3.63, 3.8) is 0 Å². The topological polar surface area (TPSA) is 26.3 Å². The minimum Gasteiger partial charge on any atom is -0.370 e. The van der Waals surface area contributed by atoms with Crippen LogP contribution in [0.2, 0.25) is 0 Å². The summed E-state index contributed by atoms with van der Waals surface area (Å²) in [5, 5.41) is 0. The van der Waals surface area contributed by atoms with Gasteiger partial charge in [-0.15, -0.1) is 0 Å². The summed E-state index contributed by atoms with van der Waals surface area (Å²) in [5.41, 5.74) is 0. The fraction of sp³-hybridized carbons (Fsp3) is 0.933. The number of hydrogen-bond acceptors (Lipinski definition) is 2. The van der Waals surface area contributed by atoms with E-state index < -0.39 is 0 Å². The summed E-state index contributed by atoms with van der Waals surface area (Å²) in [4.78, 5) is 12.3. The molecule has 0 aromatic heterocycles. The molecule has 2 bridgehead atoms. The first-order valence-electron chi connectivity index (χ1n) is 7.42. The molecule has 3 saturated carbocycles. The largest absolute Gasteiger partial charge is 0.370 e. The summed E-state index contributed by atoms with van der Waals surface area (Å²) in [6.45, 7) is 2.68. The molecule has 96 valence electrons. The van der Waals surface area contributed by atoms with Crippen LogP contribution in [0.3, 0.4) is 0 Å². The molecule has 2 nitrogen and oxygen atoms in total. The van der Waals surface area contributed by atoms with Crippen molar-refractivity contribution in [2.75, 3.05) is 6.61 Å². The first-order valence-corrected chi connectivity index (χ1v) is 7.42. The minimum absolute atomic E-state index is 0.0564. The molecule has 3 aliphatic carbocycles. The van der Waals surface area contributed by atoms with Crippen LogP contribution in [-0.2, 0) is 9.53 Å². The quantitative estimate of drug-likeness (QED) is 0.708. The Balaban J connectivity index is 1.54. The van der Waals surface area contributed by atoms with Crippen molar-refractivity contribution in [2.45, 2.75) is 58.0 Å². The van der Waals surface area contributed by atoms with Crippen molar-refractivity contribution in [1.82, 2.24) is 0 Å². The van der Waals surface area contributed by atoms with E-state index in [9.17, 15) is 4.79 Å². The van der Waals surface area contributed by atoms with Crippen LogP contribution in [0.15, 0.2) is 0 Å². The van der Waals surface area contributed by atoms with Gasteiger partial charge in [-0.1, -0.05) is 6.42 Å². The number of ketones is 1.